The number of benzene rings is 1. The molecule has 0 saturated heterocycles. The molecular weight excluding hydrogens is 240 g/mol. The standard InChI is InChI=1S/C13H13ClOS/c1-9-7-10(3-4-12(9)15-2)13(14)11-5-6-16-8-11/h3-8,13H,1-2H3. The summed E-state index contributed by atoms with van der Waals surface area (Å²) in [5.41, 5.74) is 3.37. The van der Waals surface area contributed by atoms with E-state index < -0.39 is 0 Å². The van der Waals surface area contributed by atoms with E-state index in [1.165, 1.54) is 0 Å². The SMILES string of the molecule is COc1ccc(C(Cl)c2ccsc2)cc1C. The van der Waals surface area contributed by atoms with Crippen LogP contribution < -0.4 is 4.74 Å². The first-order valence-electron chi connectivity index (χ1n) is 5.03. The summed E-state index contributed by atoms with van der Waals surface area (Å²) in [6, 6.07) is 8.11. The Morgan fingerprint density at radius 2 is 2.06 bits per heavy atom. The number of aryl methyl sites for hydroxylation is 1. The van der Waals surface area contributed by atoms with E-state index in [0.29, 0.717) is 0 Å². The quantitative estimate of drug-likeness (QED) is 0.736. The largest absolute Gasteiger partial charge is 0.496 e. The van der Waals surface area contributed by atoms with E-state index in [4.69, 9.17) is 16.3 Å². The van der Waals surface area contributed by atoms with Crippen molar-refractivity contribution in [3.8, 4) is 5.75 Å². The van der Waals surface area contributed by atoms with Crippen molar-refractivity contribution < 1.29 is 4.74 Å². The van der Waals surface area contributed by atoms with Crippen LogP contribution in [0.1, 0.15) is 22.1 Å². The number of methoxy groups -OCH3 is 1. The predicted octanol–water partition coefficient (Wildman–Crippen LogP) is 4.39. The molecule has 2 rings (SSSR count). The monoisotopic (exact) mass is 252 g/mol. The number of hydrogen-bond acceptors (Lipinski definition) is 2. The van der Waals surface area contributed by atoms with Crippen molar-refractivity contribution in [1.29, 1.82) is 0 Å². The van der Waals surface area contributed by atoms with Crippen molar-refractivity contribution in [1.82, 2.24) is 0 Å². The van der Waals surface area contributed by atoms with E-state index in [0.717, 1.165) is 22.4 Å². The first kappa shape index (κ1) is 11.5. The number of ether oxygens (including phenoxy) is 1. The van der Waals surface area contributed by atoms with Gasteiger partial charge in [-0.15, -0.1) is 11.6 Å². The second kappa shape index (κ2) is 4.89. The lowest BCUT2D eigenvalue weighted by Gasteiger charge is -2.11. The Bertz CT molecular complexity index is 465. The second-order valence-corrected chi connectivity index (χ2v) is 4.86. The summed E-state index contributed by atoms with van der Waals surface area (Å²) in [4.78, 5) is 0. The molecule has 0 aliphatic heterocycles. The Morgan fingerprint density at radius 1 is 1.25 bits per heavy atom. The van der Waals surface area contributed by atoms with Crippen molar-refractivity contribution >= 4 is 22.9 Å². The van der Waals surface area contributed by atoms with E-state index in [-0.39, 0.29) is 5.38 Å². The number of halogens is 1. The molecule has 1 unspecified atom stereocenters. The van der Waals surface area contributed by atoms with Gasteiger partial charge in [0.05, 0.1) is 12.5 Å². The smallest absolute Gasteiger partial charge is 0.121 e. The van der Waals surface area contributed by atoms with Gasteiger partial charge in [-0.05, 0) is 46.5 Å². The van der Waals surface area contributed by atoms with Crippen LogP contribution in [0.3, 0.4) is 0 Å². The molecule has 1 aromatic carbocycles. The summed E-state index contributed by atoms with van der Waals surface area (Å²) >= 11 is 8.07. The molecule has 1 aromatic heterocycles. The molecule has 1 heterocycles. The van der Waals surface area contributed by atoms with Gasteiger partial charge in [-0.25, -0.2) is 0 Å². The van der Waals surface area contributed by atoms with Crippen molar-refractivity contribution in [2.24, 2.45) is 0 Å². The Kier molecular flexibility index (Phi) is 3.52. The molecule has 16 heavy (non-hydrogen) atoms. The molecule has 0 N–H and O–H groups in total. The summed E-state index contributed by atoms with van der Waals surface area (Å²) in [7, 11) is 1.68. The minimum absolute atomic E-state index is 0.0733. The van der Waals surface area contributed by atoms with E-state index >= 15 is 0 Å². The van der Waals surface area contributed by atoms with Gasteiger partial charge in [0.2, 0.25) is 0 Å². The molecule has 0 aliphatic carbocycles. The first-order valence-corrected chi connectivity index (χ1v) is 6.41. The minimum atomic E-state index is -0.0733. The van der Waals surface area contributed by atoms with Crippen LogP contribution in [-0.4, -0.2) is 7.11 Å². The molecular formula is C13H13ClOS. The van der Waals surface area contributed by atoms with Gasteiger partial charge in [0.15, 0.2) is 0 Å². The zero-order valence-electron chi connectivity index (χ0n) is 9.24. The molecule has 0 amide bonds. The minimum Gasteiger partial charge on any atom is -0.496 e. The van der Waals surface area contributed by atoms with Crippen LogP contribution in [-0.2, 0) is 0 Å². The molecule has 0 aliphatic rings. The van der Waals surface area contributed by atoms with Crippen LogP contribution in [0.2, 0.25) is 0 Å². The lowest BCUT2D eigenvalue weighted by molar-refractivity contribution is 0.411. The zero-order valence-corrected chi connectivity index (χ0v) is 10.8. The van der Waals surface area contributed by atoms with Crippen LogP contribution in [0.5, 0.6) is 5.75 Å². The van der Waals surface area contributed by atoms with E-state index in [1.54, 1.807) is 18.4 Å². The van der Waals surface area contributed by atoms with Gasteiger partial charge < -0.3 is 4.74 Å². The van der Waals surface area contributed by atoms with Crippen molar-refractivity contribution in [3.05, 3.63) is 51.7 Å². The Morgan fingerprint density at radius 3 is 2.62 bits per heavy atom. The van der Waals surface area contributed by atoms with Crippen LogP contribution >= 0.6 is 22.9 Å². The fraction of sp³-hybridized carbons (Fsp3) is 0.231. The average molecular weight is 253 g/mol. The fourth-order valence-corrected chi connectivity index (χ4v) is 2.70. The van der Waals surface area contributed by atoms with E-state index in [1.807, 2.05) is 24.4 Å². The van der Waals surface area contributed by atoms with E-state index in [9.17, 15) is 0 Å². The molecule has 0 radical (unpaired) electrons. The second-order valence-electron chi connectivity index (χ2n) is 3.65. The van der Waals surface area contributed by atoms with Crippen molar-refractivity contribution in [2.45, 2.75) is 12.3 Å². The molecule has 0 saturated carbocycles. The highest BCUT2D eigenvalue weighted by Gasteiger charge is 2.12. The molecule has 1 nitrogen and oxygen atoms in total. The summed E-state index contributed by atoms with van der Waals surface area (Å²) in [5.74, 6) is 0.901. The first-order chi connectivity index (χ1) is 7.72. The van der Waals surface area contributed by atoms with E-state index in [2.05, 4.69) is 17.5 Å². The molecule has 3 heteroatoms. The highest BCUT2D eigenvalue weighted by molar-refractivity contribution is 7.08. The maximum absolute atomic E-state index is 6.41. The van der Waals surface area contributed by atoms with Gasteiger partial charge in [0.25, 0.3) is 0 Å². The number of thiophene rings is 1. The molecule has 0 fully saturated rings. The van der Waals surface area contributed by atoms with Crippen LogP contribution in [0.25, 0.3) is 0 Å². The highest BCUT2D eigenvalue weighted by Crippen LogP contribution is 2.32. The predicted molar refractivity (Wildman–Crippen MR) is 69.7 cm³/mol. The van der Waals surface area contributed by atoms with Crippen molar-refractivity contribution in [2.75, 3.05) is 7.11 Å². The third-order valence-corrected chi connectivity index (χ3v) is 3.75. The number of alkyl halides is 1. The van der Waals surface area contributed by atoms with Crippen LogP contribution in [0.4, 0.5) is 0 Å². The van der Waals surface area contributed by atoms with Gasteiger partial charge in [0, 0.05) is 0 Å². The normalized spacial score (nSPS) is 12.4. The third-order valence-electron chi connectivity index (χ3n) is 2.55. The van der Waals surface area contributed by atoms with Gasteiger partial charge in [0.1, 0.15) is 5.75 Å². The molecule has 0 bridgehead atoms. The Hall–Kier alpha value is -0.990. The zero-order chi connectivity index (χ0) is 11.5. The molecule has 84 valence electrons. The Labute approximate surface area is 105 Å². The highest BCUT2D eigenvalue weighted by atomic mass is 35.5. The Balaban J connectivity index is 2.31. The van der Waals surface area contributed by atoms with Gasteiger partial charge in [-0.2, -0.15) is 11.3 Å². The number of rotatable bonds is 3. The number of hydrogen-bond donors (Lipinski definition) is 0. The maximum Gasteiger partial charge on any atom is 0.121 e. The van der Waals surface area contributed by atoms with Gasteiger partial charge >= 0.3 is 0 Å². The summed E-state index contributed by atoms with van der Waals surface area (Å²) in [6.07, 6.45) is 0. The van der Waals surface area contributed by atoms with Crippen LogP contribution in [0, 0.1) is 6.92 Å². The summed E-state index contributed by atoms with van der Waals surface area (Å²) in [6.45, 7) is 2.03. The lowest BCUT2D eigenvalue weighted by atomic mass is 10.0. The molecule has 1 atom stereocenters. The third kappa shape index (κ3) is 2.23. The molecule has 0 spiro atoms. The van der Waals surface area contributed by atoms with Crippen molar-refractivity contribution in [3.63, 3.8) is 0 Å². The lowest BCUT2D eigenvalue weighted by Crippen LogP contribution is -1.94. The molecule has 2 aromatic rings. The van der Waals surface area contributed by atoms with Gasteiger partial charge in [-0.3, -0.25) is 0 Å². The van der Waals surface area contributed by atoms with Crippen LogP contribution in [0.15, 0.2) is 35.0 Å². The summed E-state index contributed by atoms with van der Waals surface area (Å²) in [5, 5.41) is 4.05. The average Bonchev–Trinajstić information content (AvgIpc) is 2.81. The topological polar surface area (TPSA) is 9.23 Å². The van der Waals surface area contributed by atoms with Gasteiger partial charge in [-0.1, -0.05) is 12.1 Å². The maximum atomic E-state index is 6.41. The fourth-order valence-electron chi connectivity index (χ4n) is 1.67. The summed E-state index contributed by atoms with van der Waals surface area (Å²) < 4.78 is 5.23.